The smallest absolute Gasteiger partial charge is 0.253 e. The SMILES string of the molecule is COCCNC(=O)C1CCN(C(=O)c2cccc(NC(=O)C(C)C)c2)CC1. The fourth-order valence-corrected chi connectivity index (χ4v) is 2.96. The fraction of sp³-hybridized carbons (Fsp3) is 0.550. The van der Waals surface area contributed by atoms with Gasteiger partial charge < -0.3 is 20.3 Å². The fourth-order valence-electron chi connectivity index (χ4n) is 2.96. The molecule has 0 radical (unpaired) electrons. The molecule has 0 spiro atoms. The van der Waals surface area contributed by atoms with Crippen LogP contribution in [0.15, 0.2) is 24.3 Å². The van der Waals surface area contributed by atoms with Gasteiger partial charge in [-0.15, -0.1) is 0 Å². The molecule has 1 saturated heterocycles. The van der Waals surface area contributed by atoms with Gasteiger partial charge in [0.25, 0.3) is 5.91 Å². The van der Waals surface area contributed by atoms with Crippen molar-refractivity contribution in [2.24, 2.45) is 11.8 Å². The van der Waals surface area contributed by atoms with E-state index in [2.05, 4.69) is 10.6 Å². The lowest BCUT2D eigenvalue weighted by Crippen LogP contribution is -2.43. The number of anilines is 1. The first kappa shape index (κ1) is 20.9. The molecule has 0 unspecified atom stereocenters. The Hall–Kier alpha value is -2.41. The Balaban J connectivity index is 1.90. The molecule has 0 saturated carbocycles. The summed E-state index contributed by atoms with van der Waals surface area (Å²) in [4.78, 5) is 38.5. The summed E-state index contributed by atoms with van der Waals surface area (Å²) in [6, 6.07) is 6.98. The Bertz CT molecular complexity index is 667. The average Bonchev–Trinajstić information content (AvgIpc) is 2.67. The molecule has 27 heavy (non-hydrogen) atoms. The van der Waals surface area contributed by atoms with Gasteiger partial charge in [0.05, 0.1) is 6.61 Å². The van der Waals surface area contributed by atoms with E-state index in [0.717, 1.165) is 0 Å². The summed E-state index contributed by atoms with van der Waals surface area (Å²) >= 11 is 0. The van der Waals surface area contributed by atoms with E-state index in [4.69, 9.17) is 4.74 Å². The molecule has 2 rings (SSSR count). The Morgan fingerprint density at radius 2 is 1.93 bits per heavy atom. The number of likely N-dealkylation sites (tertiary alicyclic amines) is 1. The van der Waals surface area contributed by atoms with Crippen LogP contribution in [0.1, 0.15) is 37.0 Å². The second-order valence-corrected chi connectivity index (χ2v) is 7.08. The van der Waals surface area contributed by atoms with E-state index in [1.54, 1.807) is 36.3 Å². The topological polar surface area (TPSA) is 87.7 Å². The quantitative estimate of drug-likeness (QED) is 0.713. The van der Waals surface area contributed by atoms with Crippen molar-refractivity contribution < 1.29 is 19.1 Å². The largest absolute Gasteiger partial charge is 0.383 e. The second kappa shape index (κ2) is 10.1. The third-order valence-corrected chi connectivity index (χ3v) is 4.66. The van der Waals surface area contributed by atoms with Gasteiger partial charge in [-0.2, -0.15) is 0 Å². The van der Waals surface area contributed by atoms with Crippen LogP contribution in [-0.4, -0.2) is 56.0 Å². The van der Waals surface area contributed by atoms with Crippen molar-refractivity contribution in [3.63, 3.8) is 0 Å². The maximum Gasteiger partial charge on any atom is 0.253 e. The Kier molecular flexibility index (Phi) is 7.79. The predicted molar refractivity (Wildman–Crippen MR) is 103 cm³/mol. The van der Waals surface area contributed by atoms with Gasteiger partial charge in [0, 0.05) is 49.8 Å². The second-order valence-electron chi connectivity index (χ2n) is 7.08. The molecule has 0 bridgehead atoms. The summed E-state index contributed by atoms with van der Waals surface area (Å²) in [7, 11) is 1.60. The molecule has 2 N–H and O–H groups in total. The van der Waals surface area contributed by atoms with Crippen molar-refractivity contribution in [2.45, 2.75) is 26.7 Å². The molecule has 1 fully saturated rings. The maximum atomic E-state index is 12.8. The molecular weight excluding hydrogens is 346 g/mol. The predicted octanol–water partition coefficient (Wildman–Crippen LogP) is 1.90. The van der Waals surface area contributed by atoms with Gasteiger partial charge in [-0.05, 0) is 31.0 Å². The highest BCUT2D eigenvalue weighted by molar-refractivity contribution is 5.97. The third-order valence-electron chi connectivity index (χ3n) is 4.66. The minimum atomic E-state index is -0.126. The van der Waals surface area contributed by atoms with E-state index < -0.39 is 0 Å². The highest BCUT2D eigenvalue weighted by atomic mass is 16.5. The number of rotatable bonds is 7. The van der Waals surface area contributed by atoms with Crippen molar-refractivity contribution in [2.75, 3.05) is 38.7 Å². The van der Waals surface area contributed by atoms with Gasteiger partial charge in [0.1, 0.15) is 0 Å². The van der Waals surface area contributed by atoms with Crippen LogP contribution < -0.4 is 10.6 Å². The van der Waals surface area contributed by atoms with Gasteiger partial charge in [0.15, 0.2) is 0 Å². The highest BCUT2D eigenvalue weighted by Crippen LogP contribution is 2.20. The lowest BCUT2D eigenvalue weighted by molar-refractivity contribution is -0.126. The number of nitrogens with zero attached hydrogens (tertiary/aromatic N) is 1. The van der Waals surface area contributed by atoms with Gasteiger partial charge in [-0.25, -0.2) is 0 Å². The summed E-state index contributed by atoms with van der Waals surface area (Å²) in [6.07, 6.45) is 1.29. The van der Waals surface area contributed by atoms with Crippen LogP contribution in [0.2, 0.25) is 0 Å². The minimum absolute atomic E-state index is 0.0255. The molecule has 0 aliphatic carbocycles. The summed E-state index contributed by atoms with van der Waals surface area (Å²) in [6.45, 7) is 5.73. The molecule has 7 nitrogen and oxygen atoms in total. The number of ether oxygens (including phenoxy) is 1. The summed E-state index contributed by atoms with van der Waals surface area (Å²) in [5.74, 6) is -0.327. The summed E-state index contributed by atoms with van der Waals surface area (Å²) in [5.41, 5.74) is 1.16. The molecular formula is C20H29N3O4. The lowest BCUT2D eigenvalue weighted by atomic mass is 9.95. The maximum absolute atomic E-state index is 12.8. The van der Waals surface area contributed by atoms with Gasteiger partial charge >= 0.3 is 0 Å². The first-order valence-electron chi connectivity index (χ1n) is 9.39. The Morgan fingerprint density at radius 3 is 2.56 bits per heavy atom. The van der Waals surface area contributed by atoms with Crippen molar-refractivity contribution in [1.29, 1.82) is 0 Å². The number of carbonyl (C=O) groups is 3. The summed E-state index contributed by atoms with van der Waals surface area (Å²) in [5, 5.41) is 5.67. The first-order chi connectivity index (χ1) is 12.9. The number of carbonyl (C=O) groups excluding carboxylic acids is 3. The number of amides is 3. The lowest BCUT2D eigenvalue weighted by Gasteiger charge is -2.31. The normalized spacial score (nSPS) is 14.9. The number of nitrogens with one attached hydrogen (secondary N) is 2. The van der Waals surface area contributed by atoms with Gasteiger partial charge in [-0.1, -0.05) is 19.9 Å². The molecule has 0 aromatic heterocycles. The molecule has 1 aliphatic heterocycles. The van der Waals surface area contributed by atoms with Crippen LogP contribution in [0.4, 0.5) is 5.69 Å². The van der Waals surface area contributed by atoms with E-state index >= 15 is 0 Å². The molecule has 1 aliphatic rings. The zero-order valence-electron chi connectivity index (χ0n) is 16.3. The van der Waals surface area contributed by atoms with Crippen molar-refractivity contribution in [3.05, 3.63) is 29.8 Å². The number of hydrogen-bond donors (Lipinski definition) is 2. The van der Waals surface area contributed by atoms with Crippen LogP contribution in [0.5, 0.6) is 0 Å². The van der Waals surface area contributed by atoms with E-state index in [-0.39, 0.29) is 29.6 Å². The zero-order valence-corrected chi connectivity index (χ0v) is 16.3. The average molecular weight is 375 g/mol. The minimum Gasteiger partial charge on any atom is -0.383 e. The third kappa shape index (κ3) is 6.06. The number of benzene rings is 1. The molecule has 1 heterocycles. The molecule has 3 amide bonds. The summed E-state index contributed by atoms with van der Waals surface area (Å²) < 4.78 is 4.93. The van der Waals surface area contributed by atoms with Crippen molar-refractivity contribution >= 4 is 23.4 Å². The standard InChI is InChI=1S/C20H29N3O4/c1-14(2)18(24)22-17-6-4-5-16(13-17)20(26)23-10-7-15(8-11-23)19(25)21-9-12-27-3/h4-6,13-15H,7-12H2,1-3H3,(H,21,25)(H,22,24). The van der Waals surface area contributed by atoms with Gasteiger partial charge in [-0.3, -0.25) is 14.4 Å². The Morgan fingerprint density at radius 1 is 1.22 bits per heavy atom. The van der Waals surface area contributed by atoms with E-state index in [1.165, 1.54) is 0 Å². The van der Waals surface area contributed by atoms with Crippen LogP contribution in [0.25, 0.3) is 0 Å². The van der Waals surface area contributed by atoms with E-state index in [0.29, 0.717) is 50.3 Å². The van der Waals surface area contributed by atoms with Crippen LogP contribution in [0, 0.1) is 11.8 Å². The number of piperidine rings is 1. The van der Waals surface area contributed by atoms with Crippen LogP contribution >= 0.6 is 0 Å². The monoisotopic (exact) mass is 375 g/mol. The number of hydrogen-bond acceptors (Lipinski definition) is 4. The van der Waals surface area contributed by atoms with Crippen molar-refractivity contribution in [3.8, 4) is 0 Å². The molecule has 1 aromatic carbocycles. The molecule has 1 aromatic rings. The molecule has 0 atom stereocenters. The van der Waals surface area contributed by atoms with Gasteiger partial charge in [0.2, 0.25) is 11.8 Å². The molecule has 7 heteroatoms. The van der Waals surface area contributed by atoms with E-state index in [1.807, 2.05) is 13.8 Å². The Labute approximate surface area is 160 Å². The van der Waals surface area contributed by atoms with Crippen LogP contribution in [-0.2, 0) is 14.3 Å². The van der Waals surface area contributed by atoms with Crippen LogP contribution in [0.3, 0.4) is 0 Å². The highest BCUT2D eigenvalue weighted by Gasteiger charge is 2.27. The number of methoxy groups -OCH3 is 1. The first-order valence-corrected chi connectivity index (χ1v) is 9.39. The zero-order chi connectivity index (χ0) is 19.8. The molecule has 148 valence electrons. The van der Waals surface area contributed by atoms with Crippen molar-refractivity contribution in [1.82, 2.24) is 10.2 Å². The van der Waals surface area contributed by atoms with E-state index in [9.17, 15) is 14.4 Å².